The van der Waals surface area contributed by atoms with Gasteiger partial charge in [0.2, 0.25) is 15.9 Å². The van der Waals surface area contributed by atoms with E-state index in [9.17, 15) is 13.2 Å². The molecule has 0 spiro atoms. The molecule has 1 fully saturated rings. The van der Waals surface area contributed by atoms with Gasteiger partial charge in [0, 0.05) is 26.2 Å². The fourth-order valence-electron chi connectivity index (χ4n) is 2.20. The first-order valence-electron chi connectivity index (χ1n) is 6.43. The fraction of sp³-hybridized carbons (Fsp3) is 0.357. The second-order valence-corrected chi connectivity index (χ2v) is 6.69. The Morgan fingerprint density at radius 3 is 2.45 bits per heavy atom. The lowest BCUT2D eigenvalue weighted by Crippen LogP contribution is -2.50. The number of carbonyl (C=O) groups is 1. The van der Waals surface area contributed by atoms with Crippen molar-refractivity contribution in [3.63, 3.8) is 0 Å². The Labute approximate surface area is 119 Å². The van der Waals surface area contributed by atoms with Gasteiger partial charge in [-0.15, -0.1) is 0 Å². The second-order valence-electron chi connectivity index (χ2n) is 4.75. The summed E-state index contributed by atoms with van der Waals surface area (Å²) in [4.78, 5) is 13.4. The number of benzene rings is 1. The Morgan fingerprint density at radius 1 is 1.25 bits per heavy atom. The van der Waals surface area contributed by atoms with Crippen LogP contribution in [0, 0.1) is 6.92 Å². The highest BCUT2D eigenvalue weighted by molar-refractivity contribution is 7.89. The number of carbonyl (C=O) groups excluding carboxylic acids is 1. The van der Waals surface area contributed by atoms with Crippen LogP contribution < -0.4 is 0 Å². The summed E-state index contributed by atoms with van der Waals surface area (Å²) in [6.07, 6.45) is 1.25. The maximum atomic E-state index is 12.5. The van der Waals surface area contributed by atoms with E-state index in [4.69, 9.17) is 0 Å². The smallest absolute Gasteiger partial charge is 0.246 e. The van der Waals surface area contributed by atoms with Crippen LogP contribution in [0.1, 0.15) is 5.56 Å². The highest BCUT2D eigenvalue weighted by Gasteiger charge is 2.29. The molecule has 5 nitrogen and oxygen atoms in total. The third-order valence-corrected chi connectivity index (χ3v) is 5.25. The Hall–Kier alpha value is -1.66. The molecule has 0 bridgehead atoms. The van der Waals surface area contributed by atoms with E-state index in [2.05, 4.69) is 6.58 Å². The summed E-state index contributed by atoms with van der Waals surface area (Å²) < 4.78 is 26.4. The maximum Gasteiger partial charge on any atom is 0.246 e. The fourth-order valence-corrected chi connectivity index (χ4v) is 3.73. The molecule has 0 atom stereocenters. The van der Waals surface area contributed by atoms with Gasteiger partial charge in [0.05, 0.1) is 4.90 Å². The molecule has 1 aliphatic rings. The first kappa shape index (κ1) is 14.7. The zero-order valence-electron chi connectivity index (χ0n) is 11.4. The summed E-state index contributed by atoms with van der Waals surface area (Å²) in [6, 6.07) is 6.86. The number of hydrogen-bond acceptors (Lipinski definition) is 3. The third kappa shape index (κ3) is 2.91. The zero-order valence-corrected chi connectivity index (χ0v) is 12.3. The van der Waals surface area contributed by atoms with Gasteiger partial charge in [-0.3, -0.25) is 4.79 Å². The Balaban J connectivity index is 2.13. The van der Waals surface area contributed by atoms with Gasteiger partial charge in [-0.2, -0.15) is 4.31 Å². The minimum Gasteiger partial charge on any atom is -0.337 e. The van der Waals surface area contributed by atoms with E-state index in [1.54, 1.807) is 23.1 Å². The number of sulfonamides is 1. The van der Waals surface area contributed by atoms with Gasteiger partial charge in [-0.25, -0.2) is 8.42 Å². The van der Waals surface area contributed by atoms with Crippen LogP contribution in [0.15, 0.2) is 41.8 Å². The van der Waals surface area contributed by atoms with Crippen LogP contribution in [0.5, 0.6) is 0 Å². The van der Waals surface area contributed by atoms with E-state index in [1.807, 2.05) is 13.0 Å². The van der Waals surface area contributed by atoms with Crippen molar-refractivity contribution in [1.29, 1.82) is 0 Å². The molecule has 0 radical (unpaired) electrons. The summed E-state index contributed by atoms with van der Waals surface area (Å²) in [5.74, 6) is -0.155. The molecule has 0 aromatic heterocycles. The van der Waals surface area contributed by atoms with Crippen LogP contribution in [-0.4, -0.2) is 49.7 Å². The molecule has 0 saturated carbocycles. The average Bonchev–Trinajstić information content (AvgIpc) is 2.46. The van der Waals surface area contributed by atoms with E-state index >= 15 is 0 Å². The number of rotatable bonds is 3. The molecule has 1 aromatic rings. The van der Waals surface area contributed by atoms with Gasteiger partial charge < -0.3 is 4.90 Å². The first-order chi connectivity index (χ1) is 9.45. The summed E-state index contributed by atoms with van der Waals surface area (Å²) in [5, 5.41) is 0. The van der Waals surface area contributed by atoms with E-state index in [-0.39, 0.29) is 5.91 Å². The van der Waals surface area contributed by atoms with Gasteiger partial charge in [0.15, 0.2) is 0 Å². The van der Waals surface area contributed by atoms with Crippen molar-refractivity contribution in [2.24, 2.45) is 0 Å². The summed E-state index contributed by atoms with van der Waals surface area (Å²) in [6.45, 7) is 6.73. The summed E-state index contributed by atoms with van der Waals surface area (Å²) in [5.41, 5.74) is 0.909. The Kier molecular flexibility index (Phi) is 4.25. The van der Waals surface area contributed by atoms with Crippen molar-refractivity contribution in [3.05, 3.63) is 42.5 Å². The molecule has 2 rings (SSSR count). The largest absolute Gasteiger partial charge is 0.337 e. The molecule has 1 aliphatic heterocycles. The van der Waals surface area contributed by atoms with Crippen molar-refractivity contribution in [3.8, 4) is 0 Å². The molecule has 1 saturated heterocycles. The lowest BCUT2D eigenvalue weighted by atomic mass is 10.2. The molecule has 0 N–H and O–H groups in total. The molecular formula is C14H18N2O3S. The highest BCUT2D eigenvalue weighted by atomic mass is 32.2. The number of hydrogen-bond donors (Lipinski definition) is 0. The van der Waals surface area contributed by atoms with Gasteiger partial charge >= 0.3 is 0 Å². The van der Waals surface area contributed by atoms with Crippen molar-refractivity contribution < 1.29 is 13.2 Å². The second kappa shape index (κ2) is 5.76. The van der Waals surface area contributed by atoms with Crippen molar-refractivity contribution in [1.82, 2.24) is 9.21 Å². The molecule has 1 amide bonds. The Bertz CT molecular complexity index is 617. The van der Waals surface area contributed by atoms with Crippen LogP contribution in [0.2, 0.25) is 0 Å². The minimum atomic E-state index is -3.47. The monoisotopic (exact) mass is 294 g/mol. The van der Waals surface area contributed by atoms with Crippen LogP contribution >= 0.6 is 0 Å². The maximum absolute atomic E-state index is 12.5. The van der Waals surface area contributed by atoms with Crippen LogP contribution in [0.3, 0.4) is 0 Å². The third-order valence-electron chi connectivity index (χ3n) is 3.35. The quantitative estimate of drug-likeness (QED) is 0.782. The molecule has 20 heavy (non-hydrogen) atoms. The first-order valence-corrected chi connectivity index (χ1v) is 7.87. The molecule has 0 aliphatic carbocycles. The summed E-state index contributed by atoms with van der Waals surface area (Å²) >= 11 is 0. The SMILES string of the molecule is C=CC(=O)N1CCN(S(=O)(=O)c2cccc(C)c2)CC1. The van der Waals surface area contributed by atoms with E-state index in [0.29, 0.717) is 31.1 Å². The van der Waals surface area contributed by atoms with Crippen LogP contribution in [-0.2, 0) is 14.8 Å². The van der Waals surface area contributed by atoms with Gasteiger partial charge in [-0.1, -0.05) is 18.7 Å². The molecule has 108 valence electrons. The van der Waals surface area contributed by atoms with Crippen molar-refractivity contribution in [2.45, 2.75) is 11.8 Å². The molecule has 1 heterocycles. The van der Waals surface area contributed by atoms with E-state index in [0.717, 1.165) is 5.56 Å². The number of piperazine rings is 1. The van der Waals surface area contributed by atoms with Gasteiger partial charge in [0.1, 0.15) is 0 Å². The topological polar surface area (TPSA) is 57.7 Å². The van der Waals surface area contributed by atoms with Crippen molar-refractivity contribution in [2.75, 3.05) is 26.2 Å². The zero-order chi connectivity index (χ0) is 14.8. The predicted octanol–water partition coefficient (Wildman–Crippen LogP) is 1.01. The number of aryl methyl sites for hydroxylation is 1. The Morgan fingerprint density at radius 2 is 1.90 bits per heavy atom. The van der Waals surface area contributed by atoms with E-state index < -0.39 is 10.0 Å². The van der Waals surface area contributed by atoms with Crippen LogP contribution in [0.25, 0.3) is 0 Å². The lowest BCUT2D eigenvalue weighted by Gasteiger charge is -2.33. The number of amides is 1. The standard InChI is InChI=1S/C14H18N2O3S/c1-3-14(17)15-7-9-16(10-8-15)20(18,19)13-6-4-5-12(2)11-13/h3-6,11H,1,7-10H2,2H3. The number of nitrogens with zero attached hydrogens (tertiary/aromatic N) is 2. The molecular weight excluding hydrogens is 276 g/mol. The lowest BCUT2D eigenvalue weighted by molar-refractivity contribution is -0.127. The molecule has 0 unspecified atom stereocenters. The molecule has 6 heteroatoms. The normalized spacial score (nSPS) is 16.9. The van der Waals surface area contributed by atoms with Gasteiger partial charge in [-0.05, 0) is 30.7 Å². The highest BCUT2D eigenvalue weighted by Crippen LogP contribution is 2.18. The van der Waals surface area contributed by atoms with Crippen molar-refractivity contribution >= 4 is 15.9 Å². The van der Waals surface area contributed by atoms with E-state index in [1.165, 1.54) is 10.4 Å². The average molecular weight is 294 g/mol. The van der Waals surface area contributed by atoms with Gasteiger partial charge in [0.25, 0.3) is 0 Å². The summed E-state index contributed by atoms with van der Waals surface area (Å²) in [7, 11) is -3.47. The minimum absolute atomic E-state index is 0.155. The molecule has 1 aromatic carbocycles. The predicted molar refractivity (Wildman–Crippen MR) is 76.7 cm³/mol. The van der Waals surface area contributed by atoms with Crippen LogP contribution in [0.4, 0.5) is 0 Å².